The number of carbonyl (C=O) groups is 1. The maximum Gasteiger partial charge on any atom is 0.233 e. The Morgan fingerprint density at radius 2 is 1.74 bits per heavy atom. The minimum atomic E-state index is -0.206. The van der Waals surface area contributed by atoms with Crippen LogP contribution in [0.5, 0.6) is 0 Å². The number of rotatable bonds is 2. The van der Waals surface area contributed by atoms with Crippen LogP contribution in [0.4, 0.5) is 0 Å². The van der Waals surface area contributed by atoms with Crippen molar-refractivity contribution in [3.63, 3.8) is 0 Å². The van der Waals surface area contributed by atoms with Gasteiger partial charge in [0, 0.05) is 19.1 Å². The Labute approximate surface area is 120 Å². The molecule has 1 saturated carbocycles. The standard InChI is InChI=1S/C15H20N2O.ClH/c16-13-6-10-17(11-7-13)14(18)15(8-9-15)12-4-2-1-3-5-12;/h1-5,13H,6-11,16H2;1H. The van der Waals surface area contributed by atoms with E-state index in [9.17, 15) is 4.79 Å². The number of nitrogens with two attached hydrogens (primary N) is 1. The zero-order valence-corrected chi connectivity index (χ0v) is 11.9. The molecule has 0 spiro atoms. The molecular weight excluding hydrogens is 260 g/mol. The van der Waals surface area contributed by atoms with Crippen LogP contribution in [0, 0.1) is 0 Å². The number of nitrogens with zero attached hydrogens (tertiary/aromatic N) is 1. The average molecular weight is 281 g/mol. The van der Waals surface area contributed by atoms with Gasteiger partial charge in [0.25, 0.3) is 0 Å². The van der Waals surface area contributed by atoms with E-state index < -0.39 is 0 Å². The van der Waals surface area contributed by atoms with E-state index in [1.807, 2.05) is 23.1 Å². The highest BCUT2D eigenvalue weighted by Crippen LogP contribution is 2.49. The number of carbonyl (C=O) groups excluding carboxylic acids is 1. The van der Waals surface area contributed by atoms with Gasteiger partial charge in [-0.05, 0) is 31.2 Å². The lowest BCUT2D eigenvalue weighted by atomic mass is 9.93. The fourth-order valence-corrected chi connectivity index (χ4v) is 2.91. The van der Waals surface area contributed by atoms with E-state index >= 15 is 0 Å². The lowest BCUT2D eigenvalue weighted by molar-refractivity contribution is -0.135. The van der Waals surface area contributed by atoms with Gasteiger partial charge in [0.05, 0.1) is 5.41 Å². The Morgan fingerprint density at radius 1 is 1.16 bits per heavy atom. The van der Waals surface area contributed by atoms with E-state index in [2.05, 4.69) is 12.1 Å². The van der Waals surface area contributed by atoms with Gasteiger partial charge in [0.1, 0.15) is 0 Å². The minimum Gasteiger partial charge on any atom is -0.342 e. The van der Waals surface area contributed by atoms with Gasteiger partial charge < -0.3 is 10.6 Å². The quantitative estimate of drug-likeness (QED) is 0.902. The topological polar surface area (TPSA) is 46.3 Å². The molecule has 1 aromatic rings. The molecule has 19 heavy (non-hydrogen) atoms. The number of hydrogen-bond acceptors (Lipinski definition) is 2. The molecule has 4 heteroatoms. The van der Waals surface area contributed by atoms with Crippen molar-refractivity contribution in [3.8, 4) is 0 Å². The second kappa shape index (κ2) is 5.51. The molecule has 1 amide bonds. The Morgan fingerprint density at radius 3 is 2.26 bits per heavy atom. The Balaban J connectivity index is 0.00000133. The lowest BCUT2D eigenvalue weighted by Gasteiger charge is -2.33. The van der Waals surface area contributed by atoms with Gasteiger partial charge in [-0.3, -0.25) is 4.79 Å². The van der Waals surface area contributed by atoms with Crippen molar-refractivity contribution >= 4 is 18.3 Å². The van der Waals surface area contributed by atoms with E-state index in [0.717, 1.165) is 38.8 Å². The highest BCUT2D eigenvalue weighted by Gasteiger charge is 2.53. The average Bonchev–Trinajstić information content (AvgIpc) is 3.21. The van der Waals surface area contributed by atoms with Crippen LogP contribution < -0.4 is 5.73 Å². The van der Waals surface area contributed by atoms with Crippen molar-refractivity contribution in [2.45, 2.75) is 37.1 Å². The van der Waals surface area contributed by atoms with Gasteiger partial charge >= 0.3 is 0 Å². The number of benzene rings is 1. The molecule has 3 nitrogen and oxygen atoms in total. The molecule has 1 saturated heterocycles. The first kappa shape index (κ1) is 14.4. The van der Waals surface area contributed by atoms with Crippen molar-refractivity contribution in [1.82, 2.24) is 4.90 Å². The summed E-state index contributed by atoms with van der Waals surface area (Å²) in [6.07, 6.45) is 3.88. The molecule has 2 aliphatic rings. The molecule has 3 rings (SSSR count). The molecule has 0 unspecified atom stereocenters. The van der Waals surface area contributed by atoms with Crippen molar-refractivity contribution < 1.29 is 4.79 Å². The summed E-state index contributed by atoms with van der Waals surface area (Å²) in [6, 6.07) is 10.5. The van der Waals surface area contributed by atoms with E-state index in [1.165, 1.54) is 5.56 Å². The monoisotopic (exact) mass is 280 g/mol. The largest absolute Gasteiger partial charge is 0.342 e. The van der Waals surface area contributed by atoms with Crippen LogP contribution in [-0.4, -0.2) is 29.9 Å². The van der Waals surface area contributed by atoms with Gasteiger partial charge in [-0.25, -0.2) is 0 Å². The molecule has 0 aromatic heterocycles. The minimum absolute atomic E-state index is 0. The third-order valence-corrected chi connectivity index (χ3v) is 4.31. The maximum absolute atomic E-state index is 12.7. The normalized spacial score (nSPS) is 21.6. The van der Waals surface area contributed by atoms with Crippen LogP contribution in [0.1, 0.15) is 31.2 Å². The summed E-state index contributed by atoms with van der Waals surface area (Å²) in [4.78, 5) is 14.7. The van der Waals surface area contributed by atoms with Crippen molar-refractivity contribution in [2.75, 3.05) is 13.1 Å². The van der Waals surface area contributed by atoms with Crippen LogP contribution >= 0.6 is 12.4 Å². The highest BCUT2D eigenvalue weighted by molar-refractivity contribution is 5.91. The van der Waals surface area contributed by atoms with Crippen LogP contribution in [0.3, 0.4) is 0 Å². The second-order valence-corrected chi connectivity index (χ2v) is 5.58. The summed E-state index contributed by atoms with van der Waals surface area (Å²) in [5, 5.41) is 0. The molecule has 1 heterocycles. The molecule has 2 fully saturated rings. The van der Waals surface area contributed by atoms with Crippen molar-refractivity contribution in [3.05, 3.63) is 35.9 Å². The third kappa shape index (κ3) is 2.63. The molecule has 1 aliphatic carbocycles. The second-order valence-electron chi connectivity index (χ2n) is 5.58. The van der Waals surface area contributed by atoms with Crippen molar-refractivity contribution in [2.24, 2.45) is 5.73 Å². The maximum atomic E-state index is 12.7. The van der Waals surface area contributed by atoms with Gasteiger partial charge in [-0.1, -0.05) is 30.3 Å². The zero-order valence-electron chi connectivity index (χ0n) is 11.0. The van der Waals surface area contributed by atoms with Crippen LogP contribution in [-0.2, 0) is 10.2 Å². The summed E-state index contributed by atoms with van der Waals surface area (Å²) in [5.41, 5.74) is 6.87. The summed E-state index contributed by atoms with van der Waals surface area (Å²) >= 11 is 0. The van der Waals surface area contributed by atoms with Crippen LogP contribution in [0.15, 0.2) is 30.3 Å². The Bertz CT molecular complexity index is 437. The SMILES string of the molecule is Cl.NC1CCN(C(=O)C2(c3ccccc3)CC2)CC1. The highest BCUT2D eigenvalue weighted by atomic mass is 35.5. The first-order valence-corrected chi connectivity index (χ1v) is 6.83. The number of amides is 1. The third-order valence-electron chi connectivity index (χ3n) is 4.31. The van der Waals surface area contributed by atoms with Crippen molar-refractivity contribution in [1.29, 1.82) is 0 Å². The molecular formula is C15H21ClN2O. The van der Waals surface area contributed by atoms with Gasteiger partial charge in [0.15, 0.2) is 0 Å². The number of hydrogen-bond donors (Lipinski definition) is 1. The summed E-state index contributed by atoms with van der Waals surface area (Å²) in [5.74, 6) is 0.320. The Hall–Kier alpha value is -1.06. The molecule has 0 radical (unpaired) electrons. The smallest absolute Gasteiger partial charge is 0.233 e. The zero-order chi connectivity index (χ0) is 12.6. The van der Waals surface area contributed by atoms with Crippen LogP contribution in [0.2, 0.25) is 0 Å². The van der Waals surface area contributed by atoms with Gasteiger partial charge in [0.2, 0.25) is 5.91 Å². The van der Waals surface area contributed by atoms with Crippen LogP contribution in [0.25, 0.3) is 0 Å². The predicted molar refractivity (Wildman–Crippen MR) is 78.4 cm³/mol. The number of piperidine rings is 1. The molecule has 0 bridgehead atoms. The van der Waals surface area contributed by atoms with E-state index in [-0.39, 0.29) is 23.9 Å². The molecule has 1 aliphatic heterocycles. The number of likely N-dealkylation sites (tertiary alicyclic amines) is 1. The van der Waals surface area contributed by atoms with Gasteiger partial charge in [-0.2, -0.15) is 0 Å². The fraction of sp³-hybridized carbons (Fsp3) is 0.533. The number of halogens is 1. The predicted octanol–water partition coefficient (Wildman–Crippen LogP) is 2.09. The molecule has 0 atom stereocenters. The van der Waals surface area contributed by atoms with E-state index in [0.29, 0.717) is 5.91 Å². The van der Waals surface area contributed by atoms with E-state index in [1.54, 1.807) is 0 Å². The summed E-state index contributed by atoms with van der Waals surface area (Å²) < 4.78 is 0. The van der Waals surface area contributed by atoms with Gasteiger partial charge in [-0.15, -0.1) is 12.4 Å². The first-order chi connectivity index (χ1) is 8.72. The molecule has 2 N–H and O–H groups in total. The summed E-state index contributed by atoms with van der Waals surface area (Å²) in [6.45, 7) is 1.66. The van der Waals surface area contributed by atoms with E-state index in [4.69, 9.17) is 5.73 Å². The Kier molecular flexibility index (Phi) is 4.16. The fourth-order valence-electron chi connectivity index (χ4n) is 2.91. The molecule has 1 aromatic carbocycles. The molecule has 104 valence electrons. The summed E-state index contributed by atoms with van der Waals surface area (Å²) in [7, 11) is 0. The first-order valence-electron chi connectivity index (χ1n) is 6.83. The lowest BCUT2D eigenvalue weighted by Crippen LogP contribution is -2.46.